The quantitative estimate of drug-likeness (QED) is 0.558. The van der Waals surface area contributed by atoms with E-state index in [0.717, 1.165) is 55.8 Å². The number of piperidine rings is 2. The summed E-state index contributed by atoms with van der Waals surface area (Å²) >= 11 is 0. The molecule has 6 nitrogen and oxygen atoms in total. The minimum Gasteiger partial charge on any atom is -0.371 e. The van der Waals surface area contributed by atoms with Crippen molar-refractivity contribution in [2.75, 3.05) is 36.0 Å². The number of carbonyl (C=O) groups is 2. The molecule has 0 radical (unpaired) electrons. The molecule has 1 aromatic heterocycles. The van der Waals surface area contributed by atoms with Crippen LogP contribution in [0.5, 0.6) is 0 Å². The average Bonchev–Trinajstić information content (AvgIpc) is 3.26. The van der Waals surface area contributed by atoms with E-state index in [4.69, 9.17) is 0 Å². The number of pyridine rings is 1. The maximum absolute atomic E-state index is 13.4. The molecular weight excluding hydrogens is 436 g/mol. The highest BCUT2D eigenvalue weighted by Gasteiger charge is 2.39. The minimum absolute atomic E-state index is 0.00298. The van der Waals surface area contributed by atoms with Crippen molar-refractivity contribution in [1.29, 1.82) is 0 Å². The number of nitrogens with zero attached hydrogens (tertiary/aromatic N) is 4. The molecule has 0 bridgehead atoms. The Morgan fingerprint density at radius 2 is 1.51 bits per heavy atom. The fourth-order valence-corrected chi connectivity index (χ4v) is 5.93. The molecule has 0 N–H and O–H groups in total. The maximum Gasteiger partial charge on any atom is 0.258 e. The standard InChI is InChI=1S/C29H30N4O2/c34-27(22-5-3-6-25(20-22)33-21-23-4-1-2-7-26(23)28(33)35)32-18-12-29(13-19-32)10-16-31(17-11-29)24-8-14-30-15-9-24/h1-9,14-15,20H,10-13,16-19,21H2. The van der Waals surface area contributed by atoms with Crippen molar-refractivity contribution in [2.45, 2.75) is 32.2 Å². The lowest BCUT2D eigenvalue weighted by Gasteiger charge is -2.47. The zero-order chi connectivity index (χ0) is 23.8. The summed E-state index contributed by atoms with van der Waals surface area (Å²) < 4.78 is 0. The van der Waals surface area contributed by atoms with Gasteiger partial charge in [0.05, 0.1) is 6.54 Å². The molecule has 0 saturated carbocycles. The molecule has 0 atom stereocenters. The van der Waals surface area contributed by atoms with E-state index in [0.29, 0.717) is 17.5 Å². The molecule has 1 spiro atoms. The number of fused-ring (bicyclic) bond motifs is 1. The average molecular weight is 467 g/mol. The van der Waals surface area contributed by atoms with Crippen molar-refractivity contribution >= 4 is 23.2 Å². The van der Waals surface area contributed by atoms with Crippen LogP contribution in [0.3, 0.4) is 0 Å². The van der Waals surface area contributed by atoms with E-state index in [9.17, 15) is 9.59 Å². The number of likely N-dealkylation sites (tertiary alicyclic amines) is 1. The topological polar surface area (TPSA) is 56.8 Å². The van der Waals surface area contributed by atoms with Crippen molar-refractivity contribution in [1.82, 2.24) is 9.88 Å². The molecule has 6 rings (SSSR count). The Balaban J connectivity index is 1.09. The Morgan fingerprint density at radius 3 is 2.26 bits per heavy atom. The van der Waals surface area contributed by atoms with Crippen molar-refractivity contribution in [3.63, 3.8) is 0 Å². The largest absolute Gasteiger partial charge is 0.371 e. The Kier molecular flexibility index (Phi) is 5.51. The molecule has 2 saturated heterocycles. The Labute approximate surface area is 206 Å². The van der Waals surface area contributed by atoms with Crippen molar-refractivity contribution < 1.29 is 9.59 Å². The van der Waals surface area contributed by atoms with Crippen LogP contribution in [0.1, 0.15) is 52.0 Å². The van der Waals surface area contributed by atoms with E-state index >= 15 is 0 Å². The summed E-state index contributed by atoms with van der Waals surface area (Å²) in [4.78, 5) is 36.6. The first-order valence-electron chi connectivity index (χ1n) is 12.6. The zero-order valence-electron chi connectivity index (χ0n) is 19.9. The Morgan fingerprint density at radius 1 is 0.800 bits per heavy atom. The highest BCUT2D eigenvalue weighted by Crippen LogP contribution is 2.42. The normalized spacial score (nSPS) is 19.2. The van der Waals surface area contributed by atoms with Gasteiger partial charge in [-0.15, -0.1) is 0 Å². The van der Waals surface area contributed by atoms with Gasteiger partial charge >= 0.3 is 0 Å². The number of anilines is 2. The molecule has 0 aliphatic carbocycles. The second-order valence-electron chi connectivity index (χ2n) is 10.1. The molecule has 3 aromatic rings. The number of rotatable bonds is 3. The van der Waals surface area contributed by atoms with E-state index in [-0.39, 0.29) is 11.8 Å². The van der Waals surface area contributed by atoms with E-state index in [1.54, 1.807) is 4.90 Å². The van der Waals surface area contributed by atoms with Crippen LogP contribution in [-0.4, -0.2) is 47.9 Å². The molecule has 3 aliphatic heterocycles. The zero-order valence-corrected chi connectivity index (χ0v) is 19.9. The van der Waals surface area contributed by atoms with Crippen LogP contribution in [0.15, 0.2) is 73.1 Å². The lowest BCUT2D eigenvalue weighted by atomic mass is 9.71. The lowest BCUT2D eigenvalue weighted by Crippen LogP contribution is -2.48. The van der Waals surface area contributed by atoms with Gasteiger partial charge in [-0.05, 0) is 73.1 Å². The highest BCUT2D eigenvalue weighted by atomic mass is 16.2. The van der Waals surface area contributed by atoms with Gasteiger partial charge in [-0.25, -0.2) is 0 Å². The first-order chi connectivity index (χ1) is 17.1. The van der Waals surface area contributed by atoms with Crippen molar-refractivity contribution in [3.8, 4) is 0 Å². The van der Waals surface area contributed by atoms with Gasteiger partial charge in [0.2, 0.25) is 0 Å². The SMILES string of the molecule is O=C(c1cccc(N2Cc3ccccc3C2=O)c1)N1CCC2(CC1)CCN(c1ccncc1)CC2. The number of carbonyl (C=O) groups excluding carboxylic acids is 2. The van der Waals surface area contributed by atoms with Crippen LogP contribution in [-0.2, 0) is 6.54 Å². The third-order valence-corrected chi connectivity index (χ3v) is 8.19. The maximum atomic E-state index is 13.4. The van der Waals surface area contributed by atoms with Crippen LogP contribution in [0.25, 0.3) is 0 Å². The number of hydrogen-bond donors (Lipinski definition) is 0. The summed E-state index contributed by atoms with van der Waals surface area (Å²) in [6.45, 7) is 4.27. The number of hydrogen-bond acceptors (Lipinski definition) is 4. The summed E-state index contributed by atoms with van der Waals surface area (Å²) in [5.41, 5.74) is 4.83. The fourth-order valence-electron chi connectivity index (χ4n) is 5.93. The summed E-state index contributed by atoms with van der Waals surface area (Å²) in [5.74, 6) is 0.0725. The molecule has 4 heterocycles. The van der Waals surface area contributed by atoms with Crippen LogP contribution < -0.4 is 9.80 Å². The van der Waals surface area contributed by atoms with E-state index in [2.05, 4.69) is 22.0 Å². The van der Waals surface area contributed by atoms with Crippen LogP contribution in [0, 0.1) is 5.41 Å². The van der Waals surface area contributed by atoms with Gasteiger partial charge in [-0.1, -0.05) is 24.3 Å². The van der Waals surface area contributed by atoms with E-state index < -0.39 is 0 Å². The molecule has 35 heavy (non-hydrogen) atoms. The molecule has 178 valence electrons. The third-order valence-electron chi connectivity index (χ3n) is 8.19. The smallest absolute Gasteiger partial charge is 0.258 e. The van der Waals surface area contributed by atoms with Gasteiger partial charge in [0.1, 0.15) is 0 Å². The first kappa shape index (κ1) is 21.8. The van der Waals surface area contributed by atoms with Gasteiger partial charge in [0, 0.05) is 61.1 Å². The molecule has 0 unspecified atom stereocenters. The van der Waals surface area contributed by atoms with Gasteiger partial charge in [-0.2, -0.15) is 0 Å². The summed E-state index contributed by atoms with van der Waals surface area (Å²) in [6.07, 6.45) is 8.18. The fraction of sp³-hybridized carbons (Fsp3) is 0.345. The van der Waals surface area contributed by atoms with Crippen molar-refractivity contribution in [3.05, 3.63) is 89.7 Å². The van der Waals surface area contributed by atoms with Crippen LogP contribution >= 0.6 is 0 Å². The predicted molar refractivity (Wildman–Crippen MR) is 137 cm³/mol. The lowest BCUT2D eigenvalue weighted by molar-refractivity contribution is 0.0515. The van der Waals surface area contributed by atoms with Gasteiger partial charge in [0.25, 0.3) is 11.8 Å². The summed E-state index contributed by atoms with van der Waals surface area (Å²) in [5, 5.41) is 0. The monoisotopic (exact) mass is 466 g/mol. The minimum atomic E-state index is 0.00298. The molecule has 2 aromatic carbocycles. The predicted octanol–water partition coefficient (Wildman–Crippen LogP) is 4.76. The molecule has 3 aliphatic rings. The second kappa shape index (κ2) is 8.84. The Hall–Kier alpha value is -3.67. The highest BCUT2D eigenvalue weighted by molar-refractivity contribution is 6.10. The van der Waals surface area contributed by atoms with Gasteiger partial charge < -0.3 is 14.7 Å². The second-order valence-corrected chi connectivity index (χ2v) is 10.1. The van der Waals surface area contributed by atoms with Gasteiger partial charge in [0.15, 0.2) is 0 Å². The van der Waals surface area contributed by atoms with E-state index in [1.165, 1.54) is 18.5 Å². The van der Waals surface area contributed by atoms with Crippen LogP contribution in [0.4, 0.5) is 11.4 Å². The summed E-state index contributed by atoms with van der Waals surface area (Å²) in [6, 6.07) is 19.4. The molecule has 2 fully saturated rings. The number of benzene rings is 2. The summed E-state index contributed by atoms with van der Waals surface area (Å²) in [7, 11) is 0. The third kappa shape index (κ3) is 4.07. The number of aromatic nitrogens is 1. The van der Waals surface area contributed by atoms with Gasteiger partial charge in [-0.3, -0.25) is 14.6 Å². The van der Waals surface area contributed by atoms with Crippen LogP contribution in [0.2, 0.25) is 0 Å². The van der Waals surface area contributed by atoms with E-state index in [1.807, 2.05) is 65.8 Å². The van der Waals surface area contributed by atoms with Crippen molar-refractivity contribution in [2.24, 2.45) is 5.41 Å². The Bertz CT molecular complexity index is 1240. The molecule has 2 amide bonds. The molecular formula is C29H30N4O2. The molecule has 6 heteroatoms. The number of amides is 2. The first-order valence-corrected chi connectivity index (χ1v) is 12.6.